The number of esters is 1. The summed E-state index contributed by atoms with van der Waals surface area (Å²) in [5.41, 5.74) is 1.09. The third kappa shape index (κ3) is 4.71. The Morgan fingerprint density at radius 3 is 2.72 bits per heavy atom. The Morgan fingerprint density at radius 2 is 2.11 bits per heavy atom. The Labute approximate surface area is 106 Å². The minimum atomic E-state index is -0.240. The molecule has 0 fully saturated rings. The van der Waals surface area contributed by atoms with Crippen LogP contribution >= 0.6 is 0 Å². The van der Waals surface area contributed by atoms with E-state index in [0.29, 0.717) is 25.0 Å². The van der Waals surface area contributed by atoms with Crippen LogP contribution in [0.2, 0.25) is 0 Å². The molecule has 0 aliphatic carbocycles. The molecule has 4 nitrogen and oxygen atoms in total. The fourth-order valence-corrected chi connectivity index (χ4v) is 1.32. The molecule has 0 atom stereocenters. The predicted octanol–water partition coefficient (Wildman–Crippen LogP) is 2.21. The number of hydrogen-bond acceptors (Lipinski definition) is 4. The molecule has 0 heterocycles. The van der Waals surface area contributed by atoms with Crippen LogP contribution in [-0.2, 0) is 9.53 Å². The summed E-state index contributed by atoms with van der Waals surface area (Å²) < 4.78 is 4.52. The van der Waals surface area contributed by atoms with Crippen LogP contribution in [0.25, 0.3) is 0 Å². The van der Waals surface area contributed by atoms with Crippen LogP contribution in [0.15, 0.2) is 35.5 Å². The smallest absolute Gasteiger partial charge is 0.305 e. The maximum Gasteiger partial charge on any atom is 0.305 e. The summed E-state index contributed by atoms with van der Waals surface area (Å²) in [6, 6.07) is 9.21. The van der Waals surface area contributed by atoms with E-state index in [-0.39, 0.29) is 5.97 Å². The molecule has 4 heteroatoms. The third-order valence-corrected chi connectivity index (χ3v) is 2.26. The second-order valence-corrected chi connectivity index (χ2v) is 3.55. The number of hydrogen-bond donors (Lipinski definition) is 1. The van der Waals surface area contributed by atoms with Crippen LogP contribution in [0.4, 0.5) is 0 Å². The molecule has 0 radical (unpaired) electrons. The summed E-state index contributed by atoms with van der Waals surface area (Å²) in [6.45, 7) is 0. The zero-order valence-electron chi connectivity index (χ0n) is 10.2. The van der Waals surface area contributed by atoms with E-state index in [9.17, 15) is 4.79 Å². The number of unbranched alkanes of at least 4 members (excludes halogenated alkanes) is 1. The van der Waals surface area contributed by atoms with Gasteiger partial charge in [-0.1, -0.05) is 41.4 Å². The second-order valence-electron chi connectivity index (χ2n) is 3.55. The van der Waals surface area contributed by atoms with Gasteiger partial charge in [-0.3, -0.25) is 4.79 Å². The van der Waals surface area contributed by atoms with E-state index >= 15 is 0 Å². The third-order valence-electron chi connectivity index (χ3n) is 2.26. The van der Waals surface area contributed by atoms with Crippen LogP contribution in [0, 0.1) is 11.8 Å². The zero-order chi connectivity index (χ0) is 13.2. The monoisotopic (exact) mass is 245 g/mol. The topological polar surface area (TPSA) is 58.9 Å². The summed E-state index contributed by atoms with van der Waals surface area (Å²) in [5.74, 6) is 5.40. The van der Waals surface area contributed by atoms with E-state index in [4.69, 9.17) is 5.21 Å². The van der Waals surface area contributed by atoms with Gasteiger partial charge in [0.05, 0.1) is 7.11 Å². The van der Waals surface area contributed by atoms with Gasteiger partial charge in [-0.15, -0.1) is 0 Å². The van der Waals surface area contributed by atoms with Crippen molar-refractivity contribution in [3.05, 3.63) is 35.9 Å². The Hall–Kier alpha value is -2.28. The Balaban J connectivity index is 2.49. The van der Waals surface area contributed by atoms with Crippen molar-refractivity contribution in [3.8, 4) is 11.8 Å². The normalized spacial score (nSPS) is 10.4. The van der Waals surface area contributed by atoms with Gasteiger partial charge in [0.25, 0.3) is 0 Å². The van der Waals surface area contributed by atoms with Crippen LogP contribution in [0.1, 0.15) is 24.8 Å². The highest BCUT2D eigenvalue weighted by Gasteiger charge is 1.99. The van der Waals surface area contributed by atoms with E-state index in [1.807, 2.05) is 30.3 Å². The standard InChI is InChI=1S/C14H15NO3/c1-18-14(16)11-7-3-6-10-13(15-17)12-8-4-2-5-9-12/h2,4-5,8-9,17H,3,7,11H2,1H3/b15-13+. The number of benzene rings is 1. The molecule has 94 valence electrons. The van der Waals surface area contributed by atoms with Crippen molar-refractivity contribution in [2.75, 3.05) is 7.11 Å². The first-order valence-corrected chi connectivity index (χ1v) is 5.61. The molecule has 1 rings (SSSR count). The van der Waals surface area contributed by atoms with Gasteiger partial charge in [-0.2, -0.15) is 0 Å². The quantitative estimate of drug-likeness (QED) is 0.221. The van der Waals surface area contributed by atoms with Gasteiger partial charge in [0.15, 0.2) is 5.71 Å². The lowest BCUT2D eigenvalue weighted by molar-refractivity contribution is -0.140. The molecule has 0 saturated heterocycles. The lowest BCUT2D eigenvalue weighted by Gasteiger charge is -1.96. The molecular weight excluding hydrogens is 230 g/mol. The largest absolute Gasteiger partial charge is 0.469 e. The van der Waals surface area contributed by atoms with E-state index < -0.39 is 0 Å². The molecule has 0 aliphatic heterocycles. The first kappa shape index (κ1) is 13.8. The number of ether oxygens (including phenoxy) is 1. The van der Waals surface area contributed by atoms with Crippen molar-refractivity contribution in [2.24, 2.45) is 5.16 Å². The Kier molecular flexibility index (Phi) is 6.05. The van der Waals surface area contributed by atoms with Crippen molar-refractivity contribution in [2.45, 2.75) is 19.3 Å². The van der Waals surface area contributed by atoms with Gasteiger partial charge in [-0.05, 0) is 12.3 Å². The molecule has 1 aromatic carbocycles. The van der Waals surface area contributed by atoms with E-state index in [1.165, 1.54) is 7.11 Å². The molecule has 1 aromatic rings. The number of methoxy groups -OCH3 is 1. The first-order valence-electron chi connectivity index (χ1n) is 5.61. The van der Waals surface area contributed by atoms with Gasteiger partial charge in [0.1, 0.15) is 0 Å². The molecule has 0 saturated carbocycles. The number of rotatable bonds is 4. The van der Waals surface area contributed by atoms with Gasteiger partial charge >= 0.3 is 5.97 Å². The molecule has 0 spiro atoms. The lowest BCUT2D eigenvalue weighted by atomic mass is 10.1. The Morgan fingerprint density at radius 1 is 1.39 bits per heavy atom. The second kappa shape index (κ2) is 7.91. The number of carbonyl (C=O) groups is 1. The highest BCUT2D eigenvalue weighted by Crippen LogP contribution is 2.01. The summed E-state index contributed by atoms with van der Waals surface area (Å²) >= 11 is 0. The molecule has 0 unspecified atom stereocenters. The minimum absolute atomic E-state index is 0.240. The van der Waals surface area contributed by atoms with Crippen LogP contribution in [0.5, 0.6) is 0 Å². The number of carbonyl (C=O) groups excluding carboxylic acids is 1. The average Bonchev–Trinajstić information content (AvgIpc) is 2.43. The van der Waals surface area contributed by atoms with Gasteiger partial charge in [0.2, 0.25) is 0 Å². The molecule has 18 heavy (non-hydrogen) atoms. The predicted molar refractivity (Wildman–Crippen MR) is 68.4 cm³/mol. The van der Waals surface area contributed by atoms with Gasteiger partial charge < -0.3 is 9.94 Å². The highest BCUT2D eigenvalue weighted by atomic mass is 16.5. The number of nitrogens with zero attached hydrogens (tertiary/aromatic N) is 1. The van der Waals surface area contributed by atoms with Crippen molar-refractivity contribution < 1.29 is 14.7 Å². The molecule has 0 bridgehead atoms. The molecule has 1 N–H and O–H groups in total. The van der Waals surface area contributed by atoms with Crippen LogP contribution < -0.4 is 0 Å². The van der Waals surface area contributed by atoms with Crippen molar-refractivity contribution in [1.29, 1.82) is 0 Å². The van der Waals surface area contributed by atoms with E-state index in [2.05, 4.69) is 21.7 Å². The van der Waals surface area contributed by atoms with Gasteiger partial charge in [-0.25, -0.2) is 0 Å². The number of oxime groups is 1. The zero-order valence-corrected chi connectivity index (χ0v) is 10.2. The van der Waals surface area contributed by atoms with Gasteiger partial charge in [0, 0.05) is 18.4 Å². The minimum Gasteiger partial charge on any atom is -0.469 e. The molecule has 0 aromatic heterocycles. The van der Waals surface area contributed by atoms with Crippen molar-refractivity contribution in [3.63, 3.8) is 0 Å². The molecule has 0 amide bonds. The molecular formula is C14H15NO3. The van der Waals surface area contributed by atoms with E-state index in [0.717, 1.165) is 5.56 Å². The maximum atomic E-state index is 10.9. The SMILES string of the molecule is COC(=O)CCCC#C/C(=N\O)c1ccccc1. The average molecular weight is 245 g/mol. The summed E-state index contributed by atoms with van der Waals surface area (Å²) in [5, 5.41) is 12.0. The van der Waals surface area contributed by atoms with E-state index in [1.54, 1.807) is 0 Å². The van der Waals surface area contributed by atoms with Crippen molar-refractivity contribution >= 4 is 11.7 Å². The van der Waals surface area contributed by atoms with Crippen LogP contribution in [-0.4, -0.2) is 24.0 Å². The lowest BCUT2D eigenvalue weighted by Crippen LogP contribution is -1.99. The van der Waals surface area contributed by atoms with Crippen LogP contribution in [0.3, 0.4) is 0 Å². The fraction of sp³-hybridized carbons (Fsp3) is 0.286. The maximum absolute atomic E-state index is 10.9. The summed E-state index contributed by atoms with van der Waals surface area (Å²) in [6.07, 6.45) is 1.54. The van der Waals surface area contributed by atoms with Crippen molar-refractivity contribution in [1.82, 2.24) is 0 Å². The first-order chi connectivity index (χ1) is 8.77. The Bertz CT molecular complexity index is 469. The highest BCUT2D eigenvalue weighted by molar-refractivity contribution is 6.12. The summed E-state index contributed by atoms with van der Waals surface area (Å²) in [7, 11) is 1.36. The fourth-order valence-electron chi connectivity index (χ4n) is 1.32. The molecule has 0 aliphatic rings. The summed E-state index contributed by atoms with van der Waals surface area (Å²) in [4.78, 5) is 10.9.